The van der Waals surface area contributed by atoms with Crippen molar-refractivity contribution in [3.8, 4) is 0 Å². The molecule has 0 spiro atoms. The Morgan fingerprint density at radius 3 is 2.42 bits per heavy atom. The first-order chi connectivity index (χ1) is 9.25. The van der Waals surface area contributed by atoms with E-state index in [9.17, 15) is 0 Å². The van der Waals surface area contributed by atoms with E-state index in [0.717, 1.165) is 48.1 Å². The summed E-state index contributed by atoms with van der Waals surface area (Å²) in [4.78, 5) is 9.15. The molecule has 1 saturated heterocycles. The van der Waals surface area contributed by atoms with E-state index >= 15 is 0 Å². The van der Waals surface area contributed by atoms with Crippen molar-refractivity contribution in [2.75, 3.05) is 36.8 Å². The minimum Gasteiger partial charge on any atom is -0.396 e. The monoisotopic (exact) mass is 324 g/mol. The predicted molar refractivity (Wildman–Crippen MR) is 82.4 cm³/mol. The highest BCUT2D eigenvalue weighted by Gasteiger charge is 2.27. The molecule has 0 bridgehead atoms. The Hall–Kier alpha value is -0.810. The quantitative estimate of drug-likeness (QED) is 0.907. The zero-order chi connectivity index (χ0) is 13.2. The molecule has 0 atom stereocenters. The van der Waals surface area contributed by atoms with Crippen molar-refractivity contribution >= 4 is 27.3 Å². The molecule has 104 valence electrons. The number of pyridine rings is 1. The van der Waals surface area contributed by atoms with Gasteiger partial charge in [0.2, 0.25) is 0 Å². The van der Waals surface area contributed by atoms with Gasteiger partial charge in [0, 0.05) is 38.4 Å². The fourth-order valence-electron chi connectivity index (χ4n) is 3.36. The van der Waals surface area contributed by atoms with Gasteiger partial charge < -0.3 is 10.6 Å². The van der Waals surface area contributed by atoms with Crippen LogP contribution in [0.2, 0.25) is 0 Å². The van der Waals surface area contributed by atoms with E-state index in [-0.39, 0.29) is 0 Å². The maximum Gasteiger partial charge on any atom is 0.0776 e. The van der Waals surface area contributed by atoms with Crippen molar-refractivity contribution < 1.29 is 0 Å². The van der Waals surface area contributed by atoms with E-state index in [1.807, 2.05) is 6.20 Å². The van der Waals surface area contributed by atoms with Crippen molar-refractivity contribution in [2.24, 2.45) is 0 Å². The molecule has 1 aliphatic carbocycles. The molecule has 2 aliphatic rings. The summed E-state index contributed by atoms with van der Waals surface area (Å²) in [7, 11) is 0. The molecule has 0 aromatic carbocycles. The summed E-state index contributed by atoms with van der Waals surface area (Å²) in [5, 5.41) is 0. The second kappa shape index (κ2) is 5.67. The van der Waals surface area contributed by atoms with Crippen molar-refractivity contribution in [1.29, 1.82) is 0 Å². The van der Waals surface area contributed by atoms with Gasteiger partial charge in [-0.3, -0.25) is 9.88 Å². The predicted octanol–water partition coefficient (Wildman–Crippen LogP) is 2.49. The lowest BCUT2D eigenvalue weighted by atomic mass is 10.1. The van der Waals surface area contributed by atoms with Crippen LogP contribution in [0.5, 0.6) is 0 Å². The summed E-state index contributed by atoms with van der Waals surface area (Å²) in [5.74, 6) is 0. The second-order valence-electron chi connectivity index (χ2n) is 5.52. The fourth-order valence-corrected chi connectivity index (χ4v) is 3.95. The largest absolute Gasteiger partial charge is 0.396 e. The molecule has 2 heterocycles. The van der Waals surface area contributed by atoms with Crippen LogP contribution in [0.3, 0.4) is 0 Å². The molecule has 2 fully saturated rings. The van der Waals surface area contributed by atoms with E-state index in [0.29, 0.717) is 0 Å². The number of hydrogen-bond acceptors (Lipinski definition) is 4. The molecule has 4 nitrogen and oxygen atoms in total. The maximum absolute atomic E-state index is 6.06. The SMILES string of the molecule is Nc1cncc(Br)c1N1CCN(C2CCCC2)CC1. The number of nitrogens with zero attached hydrogens (tertiary/aromatic N) is 3. The molecule has 19 heavy (non-hydrogen) atoms. The summed E-state index contributed by atoms with van der Waals surface area (Å²) >= 11 is 3.57. The van der Waals surface area contributed by atoms with Gasteiger partial charge in [-0.25, -0.2) is 0 Å². The van der Waals surface area contributed by atoms with Crippen LogP contribution in [-0.4, -0.2) is 42.1 Å². The first kappa shape index (κ1) is 13.2. The molecule has 1 aromatic rings. The molecule has 0 unspecified atom stereocenters. The minimum absolute atomic E-state index is 0.767. The fraction of sp³-hybridized carbons (Fsp3) is 0.643. The number of aromatic nitrogens is 1. The number of rotatable bonds is 2. The first-order valence-corrected chi connectivity index (χ1v) is 7.93. The highest BCUT2D eigenvalue weighted by Crippen LogP contribution is 2.32. The first-order valence-electron chi connectivity index (χ1n) is 7.13. The van der Waals surface area contributed by atoms with Crippen LogP contribution in [0.25, 0.3) is 0 Å². The molecule has 1 aliphatic heterocycles. The van der Waals surface area contributed by atoms with Crippen LogP contribution in [0.15, 0.2) is 16.9 Å². The van der Waals surface area contributed by atoms with Gasteiger partial charge in [-0.15, -0.1) is 0 Å². The molecule has 5 heteroatoms. The lowest BCUT2D eigenvalue weighted by Gasteiger charge is -2.39. The van der Waals surface area contributed by atoms with Gasteiger partial charge in [0.1, 0.15) is 0 Å². The molecular formula is C14H21BrN4. The van der Waals surface area contributed by atoms with Crippen LogP contribution < -0.4 is 10.6 Å². The van der Waals surface area contributed by atoms with Crippen LogP contribution in [0.4, 0.5) is 11.4 Å². The van der Waals surface area contributed by atoms with E-state index in [2.05, 4.69) is 30.7 Å². The lowest BCUT2D eigenvalue weighted by Crippen LogP contribution is -2.50. The third kappa shape index (κ3) is 2.72. The smallest absolute Gasteiger partial charge is 0.0776 e. The molecule has 0 radical (unpaired) electrons. The van der Waals surface area contributed by atoms with Gasteiger partial charge in [0.05, 0.1) is 22.0 Å². The lowest BCUT2D eigenvalue weighted by molar-refractivity contribution is 0.187. The Balaban J connectivity index is 1.66. The average Bonchev–Trinajstić information content (AvgIpc) is 2.93. The Morgan fingerprint density at radius 2 is 1.79 bits per heavy atom. The number of nitrogens with two attached hydrogens (primary N) is 1. The summed E-state index contributed by atoms with van der Waals surface area (Å²) in [6.07, 6.45) is 9.17. The summed E-state index contributed by atoms with van der Waals surface area (Å²) in [5.41, 5.74) is 7.94. The Kier molecular flexibility index (Phi) is 3.93. The third-order valence-electron chi connectivity index (χ3n) is 4.37. The van der Waals surface area contributed by atoms with Gasteiger partial charge in [-0.2, -0.15) is 0 Å². The van der Waals surface area contributed by atoms with Crippen molar-refractivity contribution in [2.45, 2.75) is 31.7 Å². The highest BCUT2D eigenvalue weighted by atomic mass is 79.9. The molecule has 1 aromatic heterocycles. The zero-order valence-electron chi connectivity index (χ0n) is 11.2. The van der Waals surface area contributed by atoms with Gasteiger partial charge in [-0.05, 0) is 28.8 Å². The van der Waals surface area contributed by atoms with Crippen LogP contribution in [-0.2, 0) is 0 Å². The van der Waals surface area contributed by atoms with E-state index in [1.165, 1.54) is 25.7 Å². The van der Waals surface area contributed by atoms with E-state index in [1.54, 1.807) is 6.20 Å². The Labute approximate surface area is 123 Å². The summed E-state index contributed by atoms with van der Waals surface area (Å²) in [6.45, 7) is 4.42. The number of piperazine rings is 1. The van der Waals surface area contributed by atoms with Crippen LogP contribution in [0.1, 0.15) is 25.7 Å². The molecule has 2 N–H and O–H groups in total. The van der Waals surface area contributed by atoms with Gasteiger partial charge in [-0.1, -0.05) is 12.8 Å². The molecule has 3 rings (SSSR count). The van der Waals surface area contributed by atoms with Crippen LogP contribution in [0, 0.1) is 0 Å². The Bertz CT molecular complexity index is 417. The van der Waals surface area contributed by atoms with Gasteiger partial charge >= 0.3 is 0 Å². The number of halogens is 1. The van der Waals surface area contributed by atoms with Crippen LogP contribution >= 0.6 is 15.9 Å². The second-order valence-corrected chi connectivity index (χ2v) is 6.37. The third-order valence-corrected chi connectivity index (χ3v) is 4.95. The topological polar surface area (TPSA) is 45.4 Å². The van der Waals surface area contributed by atoms with Gasteiger partial charge in [0.15, 0.2) is 0 Å². The minimum atomic E-state index is 0.767. The van der Waals surface area contributed by atoms with E-state index in [4.69, 9.17) is 5.73 Å². The standard InChI is InChI=1S/C14H21BrN4/c15-12-9-17-10-13(16)14(12)19-7-5-18(6-8-19)11-3-1-2-4-11/h9-11H,1-8,16H2. The van der Waals surface area contributed by atoms with E-state index < -0.39 is 0 Å². The zero-order valence-corrected chi connectivity index (χ0v) is 12.8. The molecule has 0 amide bonds. The van der Waals surface area contributed by atoms with Crippen molar-refractivity contribution in [3.05, 3.63) is 16.9 Å². The maximum atomic E-state index is 6.06. The summed E-state index contributed by atoms with van der Waals surface area (Å²) in [6, 6.07) is 0.834. The molecule has 1 saturated carbocycles. The average molecular weight is 325 g/mol. The molecular weight excluding hydrogens is 304 g/mol. The van der Waals surface area contributed by atoms with Gasteiger partial charge in [0.25, 0.3) is 0 Å². The Morgan fingerprint density at radius 1 is 1.11 bits per heavy atom. The number of anilines is 2. The number of nitrogen functional groups attached to an aromatic ring is 1. The highest BCUT2D eigenvalue weighted by molar-refractivity contribution is 9.10. The van der Waals surface area contributed by atoms with Crippen molar-refractivity contribution in [1.82, 2.24) is 9.88 Å². The number of hydrogen-bond donors (Lipinski definition) is 1. The normalized spacial score (nSPS) is 22.1. The summed E-state index contributed by atoms with van der Waals surface area (Å²) < 4.78 is 1.00. The van der Waals surface area contributed by atoms with Crippen molar-refractivity contribution in [3.63, 3.8) is 0 Å².